The first-order valence-corrected chi connectivity index (χ1v) is 8.48. The number of aryl methyl sites for hydroxylation is 1. The van der Waals surface area contributed by atoms with Gasteiger partial charge < -0.3 is 0 Å². The summed E-state index contributed by atoms with van der Waals surface area (Å²) in [5.74, 6) is 1.49. The van der Waals surface area contributed by atoms with Crippen molar-refractivity contribution in [2.45, 2.75) is 19.1 Å². The van der Waals surface area contributed by atoms with E-state index < -0.39 is 0 Å². The van der Waals surface area contributed by atoms with E-state index in [1.54, 1.807) is 23.1 Å². The predicted octanol–water partition coefficient (Wildman–Crippen LogP) is 5.08. The second-order valence-corrected chi connectivity index (χ2v) is 6.69. The molecule has 4 heteroatoms. The molecule has 0 aliphatic rings. The quantitative estimate of drug-likeness (QED) is 0.692. The van der Waals surface area contributed by atoms with Crippen molar-refractivity contribution in [1.29, 1.82) is 0 Å². The first kappa shape index (κ1) is 14.6. The lowest BCUT2D eigenvalue weighted by Gasteiger charge is -2.03. The second kappa shape index (κ2) is 7.13. The second-order valence-electron chi connectivity index (χ2n) is 4.13. The van der Waals surface area contributed by atoms with Gasteiger partial charge in [-0.15, -0.1) is 23.1 Å². The third-order valence-corrected chi connectivity index (χ3v) is 5.35. The van der Waals surface area contributed by atoms with E-state index in [0.29, 0.717) is 5.75 Å². The zero-order chi connectivity index (χ0) is 13.7. The number of rotatable bonds is 6. The third-order valence-electron chi connectivity index (χ3n) is 2.73. The van der Waals surface area contributed by atoms with E-state index in [1.165, 1.54) is 4.88 Å². The van der Waals surface area contributed by atoms with E-state index in [-0.39, 0.29) is 5.78 Å². The highest BCUT2D eigenvalue weighted by Crippen LogP contribution is 2.23. The molecule has 2 rings (SSSR count). The van der Waals surface area contributed by atoms with Gasteiger partial charge in [0.2, 0.25) is 0 Å². The van der Waals surface area contributed by atoms with Crippen LogP contribution >= 0.6 is 34.7 Å². The number of carbonyl (C=O) groups excluding carboxylic acids is 1. The molecule has 0 radical (unpaired) electrons. The Morgan fingerprint density at radius 3 is 2.74 bits per heavy atom. The van der Waals surface area contributed by atoms with Gasteiger partial charge in [0.1, 0.15) is 0 Å². The number of thioether (sulfide) groups is 1. The van der Waals surface area contributed by atoms with Crippen LogP contribution in [0.15, 0.2) is 36.4 Å². The van der Waals surface area contributed by atoms with Crippen LogP contribution in [0.25, 0.3) is 0 Å². The van der Waals surface area contributed by atoms with Gasteiger partial charge in [-0.3, -0.25) is 4.79 Å². The van der Waals surface area contributed by atoms with Crippen LogP contribution in [0.1, 0.15) is 27.0 Å². The fraction of sp³-hybridized carbons (Fsp3) is 0.267. The molecule has 100 valence electrons. The molecule has 0 saturated heterocycles. The molecule has 0 N–H and O–H groups in total. The largest absolute Gasteiger partial charge is 0.292 e. The molecule has 1 aromatic heterocycles. The van der Waals surface area contributed by atoms with Gasteiger partial charge in [-0.1, -0.05) is 36.7 Å². The number of thiophene rings is 1. The van der Waals surface area contributed by atoms with E-state index in [2.05, 4.69) is 6.92 Å². The summed E-state index contributed by atoms with van der Waals surface area (Å²) in [7, 11) is 0. The van der Waals surface area contributed by atoms with Crippen molar-refractivity contribution in [3.8, 4) is 0 Å². The first-order chi connectivity index (χ1) is 9.20. The van der Waals surface area contributed by atoms with Crippen LogP contribution < -0.4 is 0 Å². The van der Waals surface area contributed by atoms with Gasteiger partial charge in [-0.2, -0.15) is 0 Å². The SMILES string of the molecule is CCc1ccc(C(=O)CSCc2ccccc2Cl)s1. The Morgan fingerprint density at radius 1 is 1.26 bits per heavy atom. The van der Waals surface area contributed by atoms with Crippen molar-refractivity contribution in [3.05, 3.63) is 56.7 Å². The maximum Gasteiger partial charge on any atom is 0.182 e. The lowest BCUT2D eigenvalue weighted by Crippen LogP contribution is -1.99. The highest BCUT2D eigenvalue weighted by Gasteiger charge is 2.09. The highest BCUT2D eigenvalue weighted by molar-refractivity contribution is 7.99. The van der Waals surface area contributed by atoms with Gasteiger partial charge in [0.15, 0.2) is 5.78 Å². The summed E-state index contributed by atoms with van der Waals surface area (Å²) in [6.45, 7) is 2.10. The van der Waals surface area contributed by atoms with Crippen LogP contribution in [0.4, 0.5) is 0 Å². The monoisotopic (exact) mass is 310 g/mol. The Balaban J connectivity index is 1.86. The van der Waals surface area contributed by atoms with E-state index in [1.807, 2.05) is 36.4 Å². The molecule has 2 aromatic rings. The topological polar surface area (TPSA) is 17.1 Å². The lowest BCUT2D eigenvalue weighted by atomic mass is 10.2. The van der Waals surface area contributed by atoms with Crippen LogP contribution in [0, 0.1) is 0 Å². The number of hydrogen-bond acceptors (Lipinski definition) is 3. The molecule has 0 aliphatic heterocycles. The van der Waals surface area contributed by atoms with Crippen LogP contribution in [0.3, 0.4) is 0 Å². The van der Waals surface area contributed by atoms with Gasteiger partial charge in [0.25, 0.3) is 0 Å². The van der Waals surface area contributed by atoms with E-state index in [0.717, 1.165) is 27.6 Å². The Kier molecular flexibility index (Phi) is 5.49. The fourth-order valence-corrected chi connectivity index (χ4v) is 3.83. The third kappa shape index (κ3) is 4.10. The zero-order valence-corrected chi connectivity index (χ0v) is 13.1. The van der Waals surface area contributed by atoms with Crippen molar-refractivity contribution in [3.63, 3.8) is 0 Å². The summed E-state index contributed by atoms with van der Waals surface area (Å²) >= 11 is 9.30. The van der Waals surface area contributed by atoms with E-state index in [4.69, 9.17) is 11.6 Å². The molecule has 0 saturated carbocycles. The standard InChI is InChI=1S/C15H15ClOS2/c1-2-12-7-8-15(19-12)14(17)10-18-9-11-5-3-4-6-13(11)16/h3-8H,2,9-10H2,1H3. The van der Waals surface area contributed by atoms with Crippen molar-refractivity contribution in [1.82, 2.24) is 0 Å². The average Bonchev–Trinajstić information content (AvgIpc) is 2.90. The number of ketones is 1. The smallest absolute Gasteiger partial charge is 0.182 e. The summed E-state index contributed by atoms with van der Waals surface area (Å²) in [5, 5.41) is 0.770. The molecule has 1 nitrogen and oxygen atoms in total. The molecule has 0 spiro atoms. The van der Waals surface area contributed by atoms with Crippen molar-refractivity contribution < 1.29 is 4.79 Å². The van der Waals surface area contributed by atoms with Crippen molar-refractivity contribution in [2.24, 2.45) is 0 Å². The molecule has 0 atom stereocenters. The molecule has 0 bridgehead atoms. The fourth-order valence-electron chi connectivity index (χ4n) is 1.66. The lowest BCUT2D eigenvalue weighted by molar-refractivity contribution is 0.102. The number of halogens is 1. The Labute approximate surface area is 127 Å². The first-order valence-electron chi connectivity index (χ1n) is 6.13. The summed E-state index contributed by atoms with van der Waals surface area (Å²) in [6.07, 6.45) is 0.991. The number of carbonyl (C=O) groups is 1. The predicted molar refractivity (Wildman–Crippen MR) is 85.6 cm³/mol. The molecular weight excluding hydrogens is 296 g/mol. The van der Waals surface area contributed by atoms with Gasteiger partial charge in [0, 0.05) is 15.7 Å². The maximum atomic E-state index is 12.0. The van der Waals surface area contributed by atoms with Gasteiger partial charge in [0.05, 0.1) is 10.6 Å². The van der Waals surface area contributed by atoms with Crippen LogP contribution in [0.5, 0.6) is 0 Å². The van der Waals surface area contributed by atoms with Crippen LogP contribution in [-0.4, -0.2) is 11.5 Å². The van der Waals surface area contributed by atoms with Crippen molar-refractivity contribution >= 4 is 40.5 Å². The summed E-state index contributed by atoms with van der Waals surface area (Å²) in [4.78, 5) is 14.1. The summed E-state index contributed by atoms with van der Waals surface area (Å²) in [6, 6.07) is 11.7. The number of benzene rings is 1. The molecular formula is C15H15ClOS2. The molecule has 0 fully saturated rings. The van der Waals surface area contributed by atoms with Crippen LogP contribution in [-0.2, 0) is 12.2 Å². The summed E-state index contributed by atoms with van der Waals surface area (Å²) < 4.78 is 0. The molecule has 1 heterocycles. The molecule has 0 aliphatic carbocycles. The molecule has 0 amide bonds. The maximum absolute atomic E-state index is 12.0. The van der Waals surface area contributed by atoms with Gasteiger partial charge in [-0.05, 0) is 30.2 Å². The van der Waals surface area contributed by atoms with Gasteiger partial charge in [-0.25, -0.2) is 0 Å². The average molecular weight is 311 g/mol. The minimum Gasteiger partial charge on any atom is -0.292 e. The van der Waals surface area contributed by atoms with E-state index >= 15 is 0 Å². The Hall–Kier alpha value is -0.770. The minimum atomic E-state index is 0.210. The zero-order valence-electron chi connectivity index (χ0n) is 10.7. The molecule has 1 aromatic carbocycles. The number of Topliss-reactive ketones (excluding diaryl/α,β-unsaturated/α-hetero) is 1. The highest BCUT2D eigenvalue weighted by atomic mass is 35.5. The molecule has 19 heavy (non-hydrogen) atoms. The van der Waals surface area contributed by atoms with E-state index in [9.17, 15) is 4.79 Å². The van der Waals surface area contributed by atoms with Crippen molar-refractivity contribution in [2.75, 3.05) is 5.75 Å². The summed E-state index contributed by atoms with van der Waals surface area (Å²) in [5.41, 5.74) is 1.09. The number of hydrogen-bond donors (Lipinski definition) is 0. The van der Waals surface area contributed by atoms with Gasteiger partial charge >= 0.3 is 0 Å². The Bertz CT molecular complexity index is 563. The van der Waals surface area contributed by atoms with Crippen LogP contribution in [0.2, 0.25) is 5.02 Å². The Morgan fingerprint density at radius 2 is 2.05 bits per heavy atom. The normalized spacial score (nSPS) is 10.6. The molecule has 0 unspecified atom stereocenters. The minimum absolute atomic E-state index is 0.210.